The highest BCUT2D eigenvalue weighted by atomic mass is 79.9. The van der Waals surface area contributed by atoms with Crippen LogP contribution in [0.3, 0.4) is 0 Å². The molecular weight excluding hydrogens is 264 g/mol. The van der Waals surface area contributed by atoms with Gasteiger partial charge in [0.2, 0.25) is 0 Å². The summed E-state index contributed by atoms with van der Waals surface area (Å²) >= 11 is 3.43. The Labute approximate surface area is 103 Å². The summed E-state index contributed by atoms with van der Waals surface area (Å²) < 4.78 is 0.983. The normalized spacial score (nSPS) is 10.1. The summed E-state index contributed by atoms with van der Waals surface area (Å²) in [5.74, 6) is 0. The number of halogens is 1. The zero-order chi connectivity index (χ0) is 11.5. The number of hydrogen-bond acceptors (Lipinski definition) is 1. The van der Waals surface area contributed by atoms with Crippen molar-refractivity contribution < 1.29 is 4.79 Å². The number of carbonyl (C=O) groups is 1. The van der Waals surface area contributed by atoms with Crippen LogP contribution in [-0.2, 0) is 0 Å². The molecule has 2 rings (SSSR count). The largest absolute Gasteiger partial charge is 0.298 e. The molecule has 0 unspecified atom stereocenters. The van der Waals surface area contributed by atoms with Gasteiger partial charge in [-0.05, 0) is 41.8 Å². The van der Waals surface area contributed by atoms with Crippen LogP contribution in [-0.4, -0.2) is 6.29 Å². The van der Waals surface area contributed by atoms with Crippen molar-refractivity contribution in [1.29, 1.82) is 0 Å². The maximum absolute atomic E-state index is 11.0. The molecule has 0 N–H and O–H groups in total. The maximum atomic E-state index is 11.0. The van der Waals surface area contributed by atoms with Gasteiger partial charge in [0, 0.05) is 10.0 Å². The van der Waals surface area contributed by atoms with Crippen LogP contribution >= 0.6 is 15.9 Å². The third-order valence-corrected chi connectivity index (χ3v) is 3.07. The van der Waals surface area contributed by atoms with Crippen molar-refractivity contribution in [3.05, 3.63) is 58.1 Å². The van der Waals surface area contributed by atoms with Crippen molar-refractivity contribution in [3.63, 3.8) is 0 Å². The Morgan fingerprint density at radius 2 is 1.81 bits per heavy atom. The molecule has 0 radical (unpaired) electrons. The molecule has 0 heterocycles. The monoisotopic (exact) mass is 274 g/mol. The lowest BCUT2D eigenvalue weighted by Gasteiger charge is -2.08. The van der Waals surface area contributed by atoms with E-state index < -0.39 is 0 Å². The highest BCUT2D eigenvalue weighted by molar-refractivity contribution is 9.10. The third-order valence-electron chi connectivity index (χ3n) is 2.58. The zero-order valence-electron chi connectivity index (χ0n) is 8.91. The van der Waals surface area contributed by atoms with Crippen LogP contribution < -0.4 is 0 Å². The van der Waals surface area contributed by atoms with Gasteiger partial charge >= 0.3 is 0 Å². The van der Waals surface area contributed by atoms with E-state index in [4.69, 9.17) is 0 Å². The van der Waals surface area contributed by atoms with E-state index >= 15 is 0 Å². The van der Waals surface area contributed by atoms with E-state index in [0.29, 0.717) is 0 Å². The van der Waals surface area contributed by atoms with E-state index in [-0.39, 0.29) is 0 Å². The van der Waals surface area contributed by atoms with Gasteiger partial charge in [-0.2, -0.15) is 0 Å². The Morgan fingerprint density at radius 1 is 1.06 bits per heavy atom. The van der Waals surface area contributed by atoms with Gasteiger partial charge in [0.1, 0.15) is 0 Å². The Hall–Kier alpha value is -1.41. The number of carbonyl (C=O) groups excluding carboxylic acids is 1. The van der Waals surface area contributed by atoms with E-state index in [1.807, 2.05) is 49.4 Å². The van der Waals surface area contributed by atoms with Crippen molar-refractivity contribution in [1.82, 2.24) is 0 Å². The molecule has 2 aromatic rings. The molecule has 0 spiro atoms. The topological polar surface area (TPSA) is 17.1 Å². The van der Waals surface area contributed by atoms with Crippen molar-refractivity contribution >= 4 is 22.2 Å². The zero-order valence-corrected chi connectivity index (χ0v) is 10.5. The quantitative estimate of drug-likeness (QED) is 0.749. The fourth-order valence-corrected chi connectivity index (χ4v) is 2.10. The fourth-order valence-electron chi connectivity index (χ4n) is 1.74. The molecule has 0 bridgehead atoms. The molecule has 2 heteroatoms. The van der Waals surface area contributed by atoms with E-state index in [1.54, 1.807) is 0 Å². The number of hydrogen-bond donors (Lipinski definition) is 0. The van der Waals surface area contributed by atoms with Gasteiger partial charge < -0.3 is 0 Å². The first kappa shape index (κ1) is 11.1. The number of benzene rings is 2. The Kier molecular flexibility index (Phi) is 3.20. The molecular formula is C14H11BrO. The molecule has 80 valence electrons. The van der Waals surface area contributed by atoms with Crippen molar-refractivity contribution in [2.24, 2.45) is 0 Å². The number of aldehydes is 1. The Balaban J connectivity index is 2.67. The molecule has 0 aliphatic carbocycles. The molecule has 0 aliphatic rings. The molecule has 2 aromatic carbocycles. The number of aryl methyl sites for hydroxylation is 1. The highest BCUT2D eigenvalue weighted by Crippen LogP contribution is 2.28. The molecule has 0 aromatic heterocycles. The van der Waals surface area contributed by atoms with Crippen LogP contribution in [0.25, 0.3) is 11.1 Å². The summed E-state index contributed by atoms with van der Waals surface area (Å²) in [6.45, 7) is 2.05. The fraction of sp³-hybridized carbons (Fsp3) is 0.0714. The molecule has 0 saturated heterocycles. The standard InChI is InChI=1S/C14H11BrO/c1-10-4-2-3-5-13(10)14-8-12(15)7-6-11(14)9-16/h2-9H,1H3. The van der Waals surface area contributed by atoms with E-state index in [0.717, 1.165) is 27.4 Å². The summed E-state index contributed by atoms with van der Waals surface area (Å²) in [6, 6.07) is 13.8. The lowest BCUT2D eigenvalue weighted by molar-refractivity contribution is 0.112. The molecule has 16 heavy (non-hydrogen) atoms. The predicted molar refractivity (Wildman–Crippen MR) is 69.7 cm³/mol. The van der Waals surface area contributed by atoms with Crippen molar-refractivity contribution in [2.45, 2.75) is 6.92 Å². The second kappa shape index (κ2) is 4.62. The summed E-state index contributed by atoms with van der Waals surface area (Å²) in [6.07, 6.45) is 0.897. The Bertz CT molecular complexity index is 532. The number of rotatable bonds is 2. The highest BCUT2D eigenvalue weighted by Gasteiger charge is 2.07. The van der Waals surface area contributed by atoms with E-state index in [1.165, 1.54) is 5.56 Å². The molecule has 0 saturated carbocycles. The minimum absolute atomic E-state index is 0.720. The van der Waals surface area contributed by atoms with Crippen molar-refractivity contribution in [3.8, 4) is 11.1 Å². The van der Waals surface area contributed by atoms with Crippen LogP contribution in [0, 0.1) is 6.92 Å². The minimum atomic E-state index is 0.720. The molecule has 1 nitrogen and oxygen atoms in total. The average molecular weight is 275 g/mol. The lowest BCUT2D eigenvalue weighted by atomic mass is 9.97. The van der Waals surface area contributed by atoms with Crippen LogP contribution in [0.1, 0.15) is 15.9 Å². The van der Waals surface area contributed by atoms with Gasteiger partial charge in [-0.3, -0.25) is 4.79 Å². The molecule has 0 atom stereocenters. The SMILES string of the molecule is Cc1ccccc1-c1cc(Br)ccc1C=O. The second-order valence-corrected chi connectivity index (χ2v) is 4.58. The summed E-state index contributed by atoms with van der Waals surface area (Å²) in [7, 11) is 0. The van der Waals surface area contributed by atoms with Gasteiger partial charge in [0.15, 0.2) is 6.29 Å². The minimum Gasteiger partial charge on any atom is -0.298 e. The first-order chi connectivity index (χ1) is 7.72. The van der Waals surface area contributed by atoms with Gasteiger partial charge in [-0.1, -0.05) is 40.2 Å². The van der Waals surface area contributed by atoms with Gasteiger partial charge in [0.05, 0.1) is 0 Å². The van der Waals surface area contributed by atoms with E-state index in [9.17, 15) is 4.79 Å². The van der Waals surface area contributed by atoms with Crippen molar-refractivity contribution in [2.75, 3.05) is 0 Å². The molecule has 0 aliphatic heterocycles. The first-order valence-electron chi connectivity index (χ1n) is 5.03. The molecule has 0 amide bonds. The van der Waals surface area contributed by atoms with Gasteiger partial charge in [-0.15, -0.1) is 0 Å². The average Bonchev–Trinajstić information content (AvgIpc) is 2.29. The lowest BCUT2D eigenvalue weighted by Crippen LogP contribution is -1.89. The van der Waals surface area contributed by atoms with Crippen LogP contribution in [0.2, 0.25) is 0 Å². The maximum Gasteiger partial charge on any atom is 0.150 e. The van der Waals surface area contributed by atoms with E-state index in [2.05, 4.69) is 15.9 Å². The third kappa shape index (κ3) is 2.07. The summed E-state index contributed by atoms with van der Waals surface area (Å²) in [5, 5.41) is 0. The van der Waals surface area contributed by atoms with Crippen LogP contribution in [0.5, 0.6) is 0 Å². The predicted octanol–water partition coefficient (Wildman–Crippen LogP) is 4.24. The first-order valence-corrected chi connectivity index (χ1v) is 5.82. The van der Waals surface area contributed by atoms with Gasteiger partial charge in [-0.25, -0.2) is 0 Å². The Morgan fingerprint density at radius 3 is 2.50 bits per heavy atom. The van der Waals surface area contributed by atoms with Gasteiger partial charge in [0.25, 0.3) is 0 Å². The van der Waals surface area contributed by atoms with Crippen LogP contribution in [0.15, 0.2) is 46.9 Å². The second-order valence-electron chi connectivity index (χ2n) is 3.66. The van der Waals surface area contributed by atoms with Crippen LogP contribution in [0.4, 0.5) is 0 Å². The molecule has 0 fully saturated rings. The summed E-state index contributed by atoms with van der Waals surface area (Å²) in [5.41, 5.74) is 3.97. The smallest absolute Gasteiger partial charge is 0.150 e. The summed E-state index contributed by atoms with van der Waals surface area (Å²) in [4.78, 5) is 11.0.